The van der Waals surface area contributed by atoms with Crippen molar-refractivity contribution in [2.24, 2.45) is 0 Å². The van der Waals surface area contributed by atoms with Crippen LogP contribution < -0.4 is 5.56 Å². The topological polar surface area (TPSA) is 55.2 Å². The number of fused-ring (bicyclic) bond motifs is 1. The molecule has 1 aliphatic heterocycles. The third-order valence-corrected chi connectivity index (χ3v) is 6.44. The van der Waals surface area contributed by atoms with Crippen LogP contribution in [0.4, 0.5) is 0 Å². The van der Waals surface area contributed by atoms with Gasteiger partial charge in [0.15, 0.2) is 5.16 Å². The maximum Gasteiger partial charge on any atom is 0.272 e. The smallest absolute Gasteiger partial charge is 0.272 e. The van der Waals surface area contributed by atoms with E-state index in [-0.39, 0.29) is 11.5 Å². The predicted octanol–water partition coefficient (Wildman–Crippen LogP) is 3.36. The first-order valence-electron chi connectivity index (χ1n) is 8.56. The SMILES string of the molecule is CCC1CCCCN1C(=O)CSc1nc2ccsc2c(=O)n1CC. The summed E-state index contributed by atoms with van der Waals surface area (Å²) < 4.78 is 2.36. The minimum absolute atomic E-state index is 0.00291. The number of rotatable bonds is 5. The molecule has 1 aliphatic rings. The van der Waals surface area contributed by atoms with E-state index in [0.29, 0.717) is 28.2 Å². The molecule has 3 heterocycles. The molecule has 0 radical (unpaired) electrons. The molecule has 0 aromatic carbocycles. The molecule has 1 amide bonds. The summed E-state index contributed by atoms with van der Waals surface area (Å²) in [5.41, 5.74) is 0.728. The first kappa shape index (κ1) is 17.5. The van der Waals surface area contributed by atoms with Crippen LogP contribution in [0.1, 0.15) is 39.5 Å². The zero-order valence-corrected chi connectivity index (χ0v) is 15.8. The van der Waals surface area contributed by atoms with Crippen LogP contribution in [-0.2, 0) is 11.3 Å². The maximum atomic E-state index is 12.6. The number of carbonyl (C=O) groups excluding carboxylic acids is 1. The van der Waals surface area contributed by atoms with Gasteiger partial charge in [0.25, 0.3) is 5.56 Å². The number of thiophene rings is 1. The van der Waals surface area contributed by atoms with Crippen molar-refractivity contribution in [1.82, 2.24) is 14.5 Å². The van der Waals surface area contributed by atoms with Gasteiger partial charge < -0.3 is 4.90 Å². The highest BCUT2D eigenvalue weighted by molar-refractivity contribution is 7.99. The van der Waals surface area contributed by atoms with Crippen molar-refractivity contribution >= 4 is 39.2 Å². The lowest BCUT2D eigenvalue weighted by molar-refractivity contribution is -0.132. The monoisotopic (exact) mass is 365 g/mol. The number of likely N-dealkylation sites (tertiary alicyclic amines) is 1. The van der Waals surface area contributed by atoms with E-state index in [0.717, 1.165) is 31.3 Å². The van der Waals surface area contributed by atoms with E-state index in [4.69, 9.17) is 0 Å². The second kappa shape index (κ2) is 7.70. The van der Waals surface area contributed by atoms with Crippen LogP contribution in [0.2, 0.25) is 0 Å². The molecular weight excluding hydrogens is 342 g/mol. The number of nitrogens with zero attached hydrogens (tertiary/aromatic N) is 3. The van der Waals surface area contributed by atoms with E-state index < -0.39 is 0 Å². The minimum Gasteiger partial charge on any atom is -0.339 e. The van der Waals surface area contributed by atoms with Gasteiger partial charge in [-0.15, -0.1) is 11.3 Å². The Hall–Kier alpha value is -1.34. The fourth-order valence-electron chi connectivity index (χ4n) is 3.28. The van der Waals surface area contributed by atoms with Gasteiger partial charge in [-0.05, 0) is 44.1 Å². The van der Waals surface area contributed by atoms with E-state index >= 15 is 0 Å². The van der Waals surface area contributed by atoms with Crippen LogP contribution in [0.3, 0.4) is 0 Å². The standard InChI is InChI=1S/C17H23N3O2S2/c1-3-12-7-5-6-9-20(12)14(21)11-24-17-18-13-8-10-23-15(13)16(22)19(17)4-2/h8,10,12H,3-7,9,11H2,1-2H3. The van der Waals surface area contributed by atoms with Crippen molar-refractivity contribution in [3.8, 4) is 0 Å². The lowest BCUT2D eigenvalue weighted by atomic mass is 10.0. The van der Waals surface area contributed by atoms with Crippen molar-refractivity contribution in [3.63, 3.8) is 0 Å². The molecule has 1 saturated heterocycles. The number of thioether (sulfide) groups is 1. The van der Waals surface area contributed by atoms with Gasteiger partial charge in [0, 0.05) is 19.1 Å². The Morgan fingerprint density at radius 2 is 2.25 bits per heavy atom. The summed E-state index contributed by atoms with van der Waals surface area (Å²) >= 11 is 2.81. The number of hydrogen-bond donors (Lipinski definition) is 0. The van der Waals surface area contributed by atoms with Crippen LogP contribution in [0.15, 0.2) is 21.4 Å². The van der Waals surface area contributed by atoms with E-state index in [1.165, 1.54) is 29.5 Å². The Balaban J connectivity index is 1.77. The molecule has 3 rings (SSSR count). The van der Waals surface area contributed by atoms with Crippen LogP contribution in [0, 0.1) is 0 Å². The second-order valence-corrected chi connectivity index (χ2v) is 7.87. The summed E-state index contributed by atoms with van der Waals surface area (Å²) in [6.45, 7) is 5.50. The Morgan fingerprint density at radius 1 is 1.42 bits per heavy atom. The fraction of sp³-hybridized carbons (Fsp3) is 0.588. The van der Waals surface area contributed by atoms with Gasteiger partial charge in [0.2, 0.25) is 5.91 Å². The Morgan fingerprint density at radius 3 is 3.00 bits per heavy atom. The summed E-state index contributed by atoms with van der Waals surface area (Å²) in [4.78, 5) is 31.8. The molecule has 7 heteroatoms. The summed E-state index contributed by atoms with van der Waals surface area (Å²) in [7, 11) is 0. The third kappa shape index (κ3) is 3.37. The van der Waals surface area contributed by atoms with Crippen molar-refractivity contribution in [1.29, 1.82) is 0 Å². The Labute approximate surface area is 150 Å². The number of piperidine rings is 1. The normalized spacial score (nSPS) is 18.2. The summed E-state index contributed by atoms with van der Waals surface area (Å²) in [6.07, 6.45) is 4.41. The zero-order valence-electron chi connectivity index (χ0n) is 14.2. The molecule has 0 N–H and O–H groups in total. The van der Waals surface area contributed by atoms with Crippen LogP contribution >= 0.6 is 23.1 Å². The van der Waals surface area contributed by atoms with Gasteiger partial charge in [-0.1, -0.05) is 18.7 Å². The number of hydrogen-bond acceptors (Lipinski definition) is 5. The molecule has 0 bridgehead atoms. The zero-order chi connectivity index (χ0) is 17.1. The van der Waals surface area contributed by atoms with Crippen molar-refractivity contribution < 1.29 is 4.79 Å². The summed E-state index contributed by atoms with van der Waals surface area (Å²) in [5, 5.41) is 2.53. The second-order valence-electron chi connectivity index (χ2n) is 6.01. The third-order valence-electron chi connectivity index (χ3n) is 4.59. The van der Waals surface area contributed by atoms with E-state index in [1.807, 2.05) is 23.3 Å². The van der Waals surface area contributed by atoms with E-state index in [2.05, 4.69) is 11.9 Å². The highest BCUT2D eigenvalue weighted by Crippen LogP contribution is 2.24. The molecule has 2 aromatic heterocycles. The maximum absolute atomic E-state index is 12.6. The van der Waals surface area contributed by atoms with Gasteiger partial charge in [-0.2, -0.15) is 0 Å². The molecule has 5 nitrogen and oxygen atoms in total. The first-order chi connectivity index (χ1) is 11.7. The molecule has 1 fully saturated rings. The first-order valence-corrected chi connectivity index (χ1v) is 10.4. The molecule has 1 atom stereocenters. The van der Waals surface area contributed by atoms with Crippen molar-refractivity contribution in [2.75, 3.05) is 12.3 Å². The molecular formula is C17H23N3O2S2. The van der Waals surface area contributed by atoms with Crippen LogP contribution in [0.25, 0.3) is 10.2 Å². The molecule has 0 saturated carbocycles. The van der Waals surface area contributed by atoms with Gasteiger partial charge in [0.1, 0.15) is 4.70 Å². The van der Waals surface area contributed by atoms with Crippen molar-refractivity contribution in [2.45, 2.75) is 57.3 Å². The Bertz CT molecular complexity index is 784. The van der Waals surface area contributed by atoms with Gasteiger partial charge in [-0.25, -0.2) is 4.98 Å². The lowest BCUT2D eigenvalue weighted by Crippen LogP contribution is -2.44. The van der Waals surface area contributed by atoms with E-state index in [9.17, 15) is 9.59 Å². The van der Waals surface area contributed by atoms with Crippen LogP contribution in [-0.4, -0.2) is 38.7 Å². The molecule has 24 heavy (non-hydrogen) atoms. The Kier molecular flexibility index (Phi) is 5.61. The average Bonchev–Trinajstić information content (AvgIpc) is 3.08. The summed E-state index contributed by atoms with van der Waals surface area (Å²) in [5.74, 6) is 0.507. The molecule has 1 unspecified atom stereocenters. The highest BCUT2D eigenvalue weighted by atomic mass is 32.2. The van der Waals surface area contributed by atoms with Crippen molar-refractivity contribution in [3.05, 3.63) is 21.8 Å². The average molecular weight is 366 g/mol. The van der Waals surface area contributed by atoms with E-state index in [1.54, 1.807) is 4.57 Å². The molecule has 130 valence electrons. The van der Waals surface area contributed by atoms with Crippen LogP contribution in [0.5, 0.6) is 0 Å². The minimum atomic E-state index is -0.00291. The fourth-order valence-corrected chi connectivity index (χ4v) is 5.00. The predicted molar refractivity (Wildman–Crippen MR) is 99.9 cm³/mol. The summed E-state index contributed by atoms with van der Waals surface area (Å²) in [6, 6.07) is 2.23. The van der Waals surface area contributed by atoms with Gasteiger partial charge >= 0.3 is 0 Å². The number of aromatic nitrogens is 2. The number of carbonyl (C=O) groups is 1. The molecule has 0 aliphatic carbocycles. The lowest BCUT2D eigenvalue weighted by Gasteiger charge is -2.35. The highest BCUT2D eigenvalue weighted by Gasteiger charge is 2.25. The molecule has 0 spiro atoms. The van der Waals surface area contributed by atoms with Gasteiger partial charge in [-0.3, -0.25) is 14.2 Å². The largest absolute Gasteiger partial charge is 0.339 e. The van der Waals surface area contributed by atoms with Gasteiger partial charge in [0.05, 0.1) is 11.3 Å². The number of amides is 1. The molecule has 2 aromatic rings. The quantitative estimate of drug-likeness (QED) is 0.602.